The number of hydrogen-bond donors (Lipinski definition) is 1. The molecule has 0 aliphatic heterocycles. The van der Waals surface area contributed by atoms with Crippen LogP contribution >= 0.6 is 0 Å². The van der Waals surface area contributed by atoms with Gasteiger partial charge in [-0.1, -0.05) is 12.1 Å². The van der Waals surface area contributed by atoms with Crippen LogP contribution in [-0.4, -0.2) is 27.0 Å². The number of hydrogen-bond acceptors (Lipinski definition) is 3. The fourth-order valence-corrected chi connectivity index (χ4v) is 3.08. The highest BCUT2D eigenvalue weighted by Crippen LogP contribution is 2.29. The molecule has 0 radical (unpaired) electrons. The third kappa shape index (κ3) is 3.14. The van der Waals surface area contributed by atoms with E-state index in [1.165, 1.54) is 12.8 Å². The van der Waals surface area contributed by atoms with Crippen LogP contribution in [0.1, 0.15) is 43.1 Å². The molecule has 0 atom stereocenters. The van der Waals surface area contributed by atoms with Crippen molar-refractivity contribution in [1.29, 1.82) is 0 Å². The lowest BCUT2D eigenvalue weighted by molar-refractivity contribution is 0.0952. The zero-order chi connectivity index (χ0) is 17.4. The SMILES string of the molecule is CC(C)n1c(-c2cccc(C(=O)NCC3CC3)c2)nc2cccnc21. The molecule has 5 nitrogen and oxygen atoms in total. The van der Waals surface area contributed by atoms with Gasteiger partial charge in [-0.25, -0.2) is 9.97 Å². The van der Waals surface area contributed by atoms with Gasteiger partial charge in [-0.05, 0) is 56.9 Å². The molecular formula is C20H22N4O. The number of rotatable bonds is 5. The van der Waals surface area contributed by atoms with Crippen molar-refractivity contribution in [1.82, 2.24) is 19.9 Å². The third-order valence-corrected chi connectivity index (χ3v) is 4.60. The Bertz CT molecular complexity index is 924. The summed E-state index contributed by atoms with van der Waals surface area (Å²) in [7, 11) is 0. The molecular weight excluding hydrogens is 312 g/mol. The van der Waals surface area contributed by atoms with Crippen LogP contribution in [0.2, 0.25) is 0 Å². The van der Waals surface area contributed by atoms with Crippen molar-refractivity contribution in [3.8, 4) is 11.4 Å². The molecule has 1 fully saturated rings. The molecule has 1 saturated carbocycles. The van der Waals surface area contributed by atoms with E-state index in [0.29, 0.717) is 11.5 Å². The monoisotopic (exact) mass is 334 g/mol. The van der Waals surface area contributed by atoms with Gasteiger partial charge < -0.3 is 9.88 Å². The summed E-state index contributed by atoms with van der Waals surface area (Å²) in [6.07, 6.45) is 4.24. The highest BCUT2D eigenvalue weighted by molar-refractivity contribution is 5.95. The molecule has 2 heterocycles. The normalized spacial score (nSPS) is 14.2. The second kappa shape index (κ2) is 6.31. The number of carbonyl (C=O) groups excluding carboxylic acids is 1. The van der Waals surface area contributed by atoms with Gasteiger partial charge in [0.05, 0.1) is 0 Å². The molecule has 2 aromatic heterocycles. The van der Waals surface area contributed by atoms with Crippen molar-refractivity contribution < 1.29 is 4.79 Å². The lowest BCUT2D eigenvalue weighted by Crippen LogP contribution is -2.25. The molecule has 0 unspecified atom stereocenters. The highest BCUT2D eigenvalue weighted by Gasteiger charge is 2.22. The molecule has 1 N–H and O–H groups in total. The number of benzene rings is 1. The molecule has 1 aromatic carbocycles. The Kier molecular flexibility index (Phi) is 3.99. The Balaban J connectivity index is 1.72. The smallest absolute Gasteiger partial charge is 0.251 e. The van der Waals surface area contributed by atoms with Gasteiger partial charge >= 0.3 is 0 Å². The van der Waals surface area contributed by atoms with Crippen LogP contribution in [-0.2, 0) is 0 Å². The zero-order valence-corrected chi connectivity index (χ0v) is 14.6. The van der Waals surface area contributed by atoms with Gasteiger partial charge in [0.25, 0.3) is 5.91 Å². The molecule has 0 saturated heterocycles. The van der Waals surface area contributed by atoms with Gasteiger partial charge in [0, 0.05) is 29.9 Å². The van der Waals surface area contributed by atoms with E-state index >= 15 is 0 Å². The predicted molar refractivity (Wildman–Crippen MR) is 98.4 cm³/mol. The Labute approximate surface area is 147 Å². The second-order valence-corrected chi connectivity index (χ2v) is 6.98. The number of pyridine rings is 1. The van der Waals surface area contributed by atoms with Crippen LogP contribution in [0.3, 0.4) is 0 Å². The number of nitrogens with zero attached hydrogens (tertiary/aromatic N) is 3. The maximum absolute atomic E-state index is 12.4. The van der Waals surface area contributed by atoms with Crippen molar-refractivity contribution in [2.24, 2.45) is 5.92 Å². The highest BCUT2D eigenvalue weighted by atomic mass is 16.1. The van der Waals surface area contributed by atoms with Gasteiger partial charge in [0.1, 0.15) is 11.3 Å². The van der Waals surface area contributed by atoms with E-state index < -0.39 is 0 Å². The molecule has 4 rings (SSSR count). The van der Waals surface area contributed by atoms with Crippen molar-refractivity contribution in [3.63, 3.8) is 0 Å². The first-order chi connectivity index (χ1) is 12.1. The third-order valence-electron chi connectivity index (χ3n) is 4.60. The van der Waals surface area contributed by atoms with Crippen LogP contribution in [0, 0.1) is 5.92 Å². The van der Waals surface area contributed by atoms with Crippen LogP contribution in [0.4, 0.5) is 0 Å². The standard InChI is InChI=1S/C20H22N4O/c1-13(2)24-18(23-17-7-4-10-21-19(17)24)15-5-3-6-16(11-15)20(25)22-12-14-8-9-14/h3-7,10-11,13-14H,8-9,12H2,1-2H3,(H,22,25). The molecule has 1 aliphatic rings. The number of fused-ring (bicyclic) bond motifs is 1. The minimum absolute atomic E-state index is 0.0147. The molecule has 0 spiro atoms. The Morgan fingerprint density at radius 1 is 1.28 bits per heavy atom. The lowest BCUT2D eigenvalue weighted by Gasteiger charge is -2.13. The van der Waals surface area contributed by atoms with Gasteiger partial charge in [-0.2, -0.15) is 0 Å². The van der Waals surface area contributed by atoms with Crippen molar-refractivity contribution in [2.45, 2.75) is 32.7 Å². The van der Waals surface area contributed by atoms with E-state index in [0.717, 1.165) is 29.1 Å². The van der Waals surface area contributed by atoms with E-state index in [-0.39, 0.29) is 11.9 Å². The van der Waals surface area contributed by atoms with Crippen LogP contribution < -0.4 is 5.32 Å². The van der Waals surface area contributed by atoms with E-state index in [1.807, 2.05) is 36.4 Å². The number of carbonyl (C=O) groups is 1. The summed E-state index contributed by atoms with van der Waals surface area (Å²) >= 11 is 0. The molecule has 1 aliphatic carbocycles. The van der Waals surface area contributed by atoms with E-state index in [4.69, 9.17) is 4.98 Å². The number of nitrogens with one attached hydrogen (secondary N) is 1. The first-order valence-corrected chi connectivity index (χ1v) is 8.85. The first-order valence-electron chi connectivity index (χ1n) is 8.85. The van der Waals surface area contributed by atoms with Crippen LogP contribution in [0.25, 0.3) is 22.6 Å². The van der Waals surface area contributed by atoms with E-state index in [2.05, 4.69) is 28.7 Å². The Hall–Kier alpha value is -2.69. The largest absolute Gasteiger partial charge is 0.352 e. The summed E-state index contributed by atoms with van der Waals surface area (Å²) in [6, 6.07) is 11.8. The van der Waals surface area contributed by atoms with Crippen LogP contribution in [0.15, 0.2) is 42.6 Å². The number of imidazole rings is 1. The molecule has 0 bridgehead atoms. The summed E-state index contributed by atoms with van der Waals surface area (Å²) in [6.45, 7) is 5.01. The minimum Gasteiger partial charge on any atom is -0.352 e. The maximum atomic E-state index is 12.4. The van der Waals surface area contributed by atoms with Crippen molar-refractivity contribution in [3.05, 3.63) is 48.2 Å². The fourth-order valence-electron chi connectivity index (χ4n) is 3.08. The summed E-state index contributed by atoms with van der Waals surface area (Å²) < 4.78 is 2.12. The number of amides is 1. The maximum Gasteiger partial charge on any atom is 0.251 e. The average Bonchev–Trinajstić information content (AvgIpc) is 3.37. The predicted octanol–water partition coefficient (Wildman–Crippen LogP) is 3.82. The van der Waals surface area contributed by atoms with Gasteiger partial charge in [0.15, 0.2) is 5.65 Å². The van der Waals surface area contributed by atoms with Crippen molar-refractivity contribution in [2.75, 3.05) is 6.54 Å². The lowest BCUT2D eigenvalue weighted by atomic mass is 10.1. The van der Waals surface area contributed by atoms with Gasteiger partial charge in [-0.15, -0.1) is 0 Å². The average molecular weight is 334 g/mol. The summed E-state index contributed by atoms with van der Waals surface area (Å²) in [4.78, 5) is 21.6. The van der Waals surface area contributed by atoms with E-state index in [1.54, 1.807) is 6.20 Å². The number of aromatic nitrogens is 3. The van der Waals surface area contributed by atoms with Crippen LogP contribution in [0.5, 0.6) is 0 Å². The van der Waals surface area contributed by atoms with E-state index in [9.17, 15) is 4.79 Å². The summed E-state index contributed by atoms with van der Waals surface area (Å²) in [5, 5.41) is 3.03. The molecule has 1 amide bonds. The first kappa shape index (κ1) is 15.8. The fraction of sp³-hybridized carbons (Fsp3) is 0.350. The molecule has 3 aromatic rings. The summed E-state index contributed by atoms with van der Waals surface area (Å²) in [5.41, 5.74) is 3.35. The van der Waals surface area contributed by atoms with Gasteiger partial charge in [-0.3, -0.25) is 4.79 Å². The Morgan fingerprint density at radius 3 is 2.88 bits per heavy atom. The van der Waals surface area contributed by atoms with Gasteiger partial charge in [0.2, 0.25) is 0 Å². The molecule has 25 heavy (non-hydrogen) atoms. The zero-order valence-electron chi connectivity index (χ0n) is 14.6. The Morgan fingerprint density at radius 2 is 2.12 bits per heavy atom. The molecule has 128 valence electrons. The minimum atomic E-state index is -0.0147. The summed E-state index contributed by atoms with van der Waals surface area (Å²) in [5.74, 6) is 1.50. The topological polar surface area (TPSA) is 59.8 Å². The molecule has 5 heteroatoms. The quantitative estimate of drug-likeness (QED) is 0.771. The second-order valence-electron chi connectivity index (χ2n) is 6.98. The van der Waals surface area contributed by atoms with Crippen molar-refractivity contribution >= 4 is 17.1 Å².